The van der Waals surface area contributed by atoms with Crippen LogP contribution >= 0.6 is 23.8 Å². The highest BCUT2D eigenvalue weighted by Crippen LogP contribution is 2.10. The summed E-state index contributed by atoms with van der Waals surface area (Å²) in [5, 5.41) is 3.97. The van der Waals surface area contributed by atoms with Crippen molar-refractivity contribution in [2.24, 2.45) is 0 Å². The van der Waals surface area contributed by atoms with Gasteiger partial charge < -0.3 is 10.1 Å². The van der Waals surface area contributed by atoms with Crippen molar-refractivity contribution >= 4 is 34.8 Å². The Hall–Kier alpha value is -1.41. The summed E-state index contributed by atoms with van der Waals surface area (Å²) in [6.45, 7) is 5.34. The van der Waals surface area contributed by atoms with E-state index in [2.05, 4.69) is 21.1 Å². The molecular weight excluding hydrogens is 336 g/mol. The van der Waals surface area contributed by atoms with Gasteiger partial charge in [0.2, 0.25) is 0 Å². The van der Waals surface area contributed by atoms with Crippen LogP contribution in [0.1, 0.15) is 16.8 Å². The van der Waals surface area contributed by atoms with Crippen molar-refractivity contribution in [3.05, 3.63) is 34.9 Å². The monoisotopic (exact) mass is 356 g/mol. The molecule has 8 heteroatoms. The summed E-state index contributed by atoms with van der Waals surface area (Å²) in [4.78, 5) is 14.3. The zero-order valence-corrected chi connectivity index (χ0v) is 14.4. The van der Waals surface area contributed by atoms with Gasteiger partial charge in [-0.05, 0) is 43.4 Å². The lowest BCUT2D eigenvalue weighted by Crippen LogP contribution is -2.47. The highest BCUT2D eigenvalue weighted by Gasteiger charge is 2.09. The molecule has 0 spiro atoms. The second-order valence-corrected chi connectivity index (χ2v) is 6.00. The van der Waals surface area contributed by atoms with E-state index in [0.717, 1.165) is 45.8 Å². The molecule has 1 saturated heterocycles. The van der Waals surface area contributed by atoms with E-state index in [0.29, 0.717) is 15.7 Å². The molecule has 2 rings (SSSR count). The zero-order valence-electron chi connectivity index (χ0n) is 12.8. The summed E-state index contributed by atoms with van der Waals surface area (Å²) in [5.41, 5.74) is 5.69. The highest BCUT2D eigenvalue weighted by atomic mass is 35.5. The van der Waals surface area contributed by atoms with Crippen LogP contribution in [0.15, 0.2) is 24.3 Å². The van der Waals surface area contributed by atoms with Crippen LogP contribution in [0.25, 0.3) is 0 Å². The van der Waals surface area contributed by atoms with Crippen LogP contribution in [0.5, 0.6) is 0 Å². The second kappa shape index (κ2) is 9.67. The molecule has 6 nitrogen and oxygen atoms in total. The molecule has 0 unspecified atom stereocenters. The molecule has 1 aromatic carbocycles. The number of benzene rings is 1. The Labute approximate surface area is 146 Å². The smallest absolute Gasteiger partial charge is 0.269 e. The Morgan fingerprint density at radius 1 is 1.30 bits per heavy atom. The Morgan fingerprint density at radius 3 is 2.83 bits per heavy atom. The standard InChI is InChI=1S/C15H21ClN4O2S/c16-13-4-1-3-12(11-13)14(21)18-19-15(23)17-5-2-6-20-7-9-22-10-8-20/h1,3-4,11H,2,5-10H2,(H,18,21)(H2,17,19,23). The van der Waals surface area contributed by atoms with E-state index in [1.807, 2.05) is 0 Å². The van der Waals surface area contributed by atoms with E-state index in [1.165, 1.54) is 0 Å². The van der Waals surface area contributed by atoms with Gasteiger partial charge in [0.15, 0.2) is 5.11 Å². The number of carbonyl (C=O) groups excluding carboxylic acids is 1. The minimum atomic E-state index is -0.287. The largest absolute Gasteiger partial charge is 0.379 e. The van der Waals surface area contributed by atoms with Gasteiger partial charge in [-0.25, -0.2) is 0 Å². The van der Waals surface area contributed by atoms with Gasteiger partial charge in [-0.2, -0.15) is 0 Å². The normalized spacial score (nSPS) is 15.0. The first-order chi connectivity index (χ1) is 11.1. The lowest BCUT2D eigenvalue weighted by atomic mass is 10.2. The van der Waals surface area contributed by atoms with E-state index in [4.69, 9.17) is 28.6 Å². The fraction of sp³-hybridized carbons (Fsp3) is 0.467. The van der Waals surface area contributed by atoms with E-state index in [-0.39, 0.29) is 5.91 Å². The van der Waals surface area contributed by atoms with Gasteiger partial charge in [-0.3, -0.25) is 20.5 Å². The summed E-state index contributed by atoms with van der Waals surface area (Å²) in [5.74, 6) is -0.287. The van der Waals surface area contributed by atoms with Gasteiger partial charge in [-0.1, -0.05) is 17.7 Å². The average Bonchev–Trinajstić information content (AvgIpc) is 2.57. The fourth-order valence-corrected chi connectivity index (χ4v) is 2.53. The molecule has 1 aromatic rings. The van der Waals surface area contributed by atoms with Crippen molar-refractivity contribution in [1.29, 1.82) is 0 Å². The minimum absolute atomic E-state index is 0.287. The molecule has 0 atom stereocenters. The molecule has 0 radical (unpaired) electrons. The third kappa shape index (κ3) is 6.70. The van der Waals surface area contributed by atoms with Crippen molar-refractivity contribution < 1.29 is 9.53 Å². The van der Waals surface area contributed by atoms with Crippen LogP contribution in [0, 0.1) is 0 Å². The Balaban J connectivity index is 1.58. The molecule has 0 saturated carbocycles. The lowest BCUT2D eigenvalue weighted by Gasteiger charge is -2.26. The Morgan fingerprint density at radius 2 is 2.09 bits per heavy atom. The van der Waals surface area contributed by atoms with E-state index in [1.54, 1.807) is 24.3 Å². The summed E-state index contributed by atoms with van der Waals surface area (Å²) in [6, 6.07) is 6.71. The maximum atomic E-state index is 11.9. The topological polar surface area (TPSA) is 65.6 Å². The van der Waals surface area contributed by atoms with Gasteiger partial charge in [0.25, 0.3) is 5.91 Å². The lowest BCUT2D eigenvalue weighted by molar-refractivity contribution is 0.0376. The molecule has 0 bridgehead atoms. The number of rotatable bonds is 5. The van der Waals surface area contributed by atoms with Crippen LogP contribution in [0.4, 0.5) is 0 Å². The highest BCUT2D eigenvalue weighted by molar-refractivity contribution is 7.80. The first kappa shape index (κ1) is 17.9. The van der Waals surface area contributed by atoms with Gasteiger partial charge in [0, 0.05) is 30.2 Å². The average molecular weight is 357 g/mol. The van der Waals surface area contributed by atoms with Crippen molar-refractivity contribution in [2.75, 3.05) is 39.4 Å². The van der Waals surface area contributed by atoms with Crippen molar-refractivity contribution in [1.82, 2.24) is 21.1 Å². The fourth-order valence-electron chi connectivity index (χ4n) is 2.19. The molecule has 1 aliphatic rings. The van der Waals surface area contributed by atoms with Gasteiger partial charge >= 0.3 is 0 Å². The molecule has 0 aromatic heterocycles. The summed E-state index contributed by atoms with van der Waals surface area (Å²) in [6.07, 6.45) is 0.976. The number of hydrogen-bond acceptors (Lipinski definition) is 4. The number of ether oxygens (including phenoxy) is 1. The number of carbonyl (C=O) groups is 1. The first-order valence-corrected chi connectivity index (χ1v) is 8.33. The van der Waals surface area contributed by atoms with Crippen LogP contribution in [-0.2, 0) is 4.74 Å². The number of nitrogens with zero attached hydrogens (tertiary/aromatic N) is 1. The first-order valence-electron chi connectivity index (χ1n) is 7.55. The Kier molecular flexibility index (Phi) is 7.54. The zero-order chi connectivity index (χ0) is 16.5. The quantitative estimate of drug-likeness (QED) is 0.418. The van der Waals surface area contributed by atoms with Crippen molar-refractivity contribution in [3.63, 3.8) is 0 Å². The van der Waals surface area contributed by atoms with Crippen LogP contribution in [-0.4, -0.2) is 55.3 Å². The predicted molar refractivity (Wildman–Crippen MR) is 94.5 cm³/mol. The number of thiocarbonyl (C=S) groups is 1. The van der Waals surface area contributed by atoms with Gasteiger partial charge in [0.05, 0.1) is 13.2 Å². The van der Waals surface area contributed by atoms with Gasteiger partial charge in [-0.15, -0.1) is 0 Å². The number of halogens is 1. The molecule has 1 fully saturated rings. The second-order valence-electron chi connectivity index (χ2n) is 5.15. The van der Waals surface area contributed by atoms with E-state index >= 15 is 0 Å². The number of hydrogen-bond donors (Lipinski definition) is 3. The molecule has 23 heavy (non-hydrogen) atoms. The minimum Gasteiger partial charge on any atom is -0.379 e. The van der Waals surface area contributed by atoms with E-state index in [9.17, 15) is 4.79 Å². The molecule has 3 N–H and O–H groups in total. The third-order valence-electron chi connectivity index (χ3n) is 3.42. The summed E-state index contributed by atoms with van der Waals surface area (Å²) < 4.78 is 5.31. The molecule has 1 amide bonds. The van der Waals surface area contributed by atoms with E-state index < -0.39 is 0 Å². The van der Waals surface area contributed by atoms with Crippen LogP contribution in [0.3, 0.4) is 0 Å². The number of nitrogens with one attached hydrogen (secondary N) is 3. The molecule has 126 valence electrons. The van der Waals surface area contributed by atoms with Crippen LogP contribution < -0.4 is 16.2 Å². The number of hydrazine groups is 1. The molecule has 1 heterocycles. The third-order valence-corrected chi connectivity index (χ3v) is 3.90. The SMILES string of the molecule is O=C(NNC(=S)NCCCN1CCOCC1)c1cccc(Cl)c1. The molecule has 0 aliphatic carbocycles. The maximum Gasteiger partial charge on any atom is 0.269 e. The van der Waals surface area contributed by atoms with Crippen LogP contribution in [0.2, 0.25) is 5.02 Å². The van der Waals surface area contributed by atoms with Crippen molar-refractivity contribution in [2.45, 2.75) is 6.42 Å². The predicted octanol–water partition coefficient (Wildman–Crippen LogP) is 1.17. The Bertz CT molecular complexity index is 538. The summed E-state index contributed by atoms with van der Waals surface area (Å²) in [7, 11) is 0. The molecular formula is C15H21ClN4O2S. The number of morpholine rings is 1. The van der Waals surface area contributed by atoms with Gasteiger partial charge in [0.1, 0.15) is 0 Å². The maximum absolute atomic E-state index is 11.9. The molecule has 1 aliphatic heterocycles. The van der Waals surface area contributed by atoms with Crippen molar-refractivity contribution in [3.8, 4) is 0 Å². The number of amides is 1. The summed E-state index contributed by atoms with van der Waals surface area (Å²) >= 11 is 11.0.